The van der Waals surface area contributed by atoms with E-state index in [-0.39, 0.29) is 18.1 Å². The summed E-state index contributed by atoms with van der Waals surface area (Å²) in [6, 6.07) is 5.82. The number of carbonyl (C=O) groups is 2. The van der Waals surface area contributed by atoms with E-state index in [1.54, 1.807) is 0 Å². The van der Waals surface area contributed by atoms with E-state index in [0.29, 0.717) is 31.3 Å². The highest BCUT2D eigenvalue weighted by Crippen LogP contribution is 2.41. The summed E-state index contributed by atoms with van der Waals surface area (Å²) in [5.41, 5.74) is 0.365. The first-order chi connectivity index (χ1) is 14.0. The summed E-state index contributed by atoms with van der Waals surface area (Å²) in [5.74, 6) is 1.70. The minimum atomic E-state index is -0.500. The van der Waals surface area contributed by atoms with Crippen molar-refractivity contribution in [2.75, 3.05) is 26.2 Å². The number of benzene rings is 1. The fraction of sp³-hybridized carbons (Fsp3) is 0.652. The molecule has 2 amide bonds. The zero-order chi connectivity index (χ0) is 21.9. The Labute approximate surface area is 179 Å². The summed E-state index contributed by atoms with van der Waals surface area (Å²) in [5, 5.41) is 2.83. The Bertz CT molecular complexity index is 776. The van der Waals surface area contributed by atoms with Crippen LogP contribution in [0.15, 0.2) is 18.2 Å². The Kier molecular flexibility index (Phi) is 6.48. The number of rotatable bonds is 5. The van der Waals surface area contributed by atoms with Gasteiger partial charge in [0.25, 0.3) is 5.91 Å². The maximum Gasteiger partial charge on any atom is 0.407 e. The predicted octanol–water partition coefficient (Wildman–Crippen LogP) is 3.54. The standard InChI is InChI=1S/C23H34N2O5/c1-22(2,3)30-21(27)24-14-16-9-11-25(12-10-16)19(26)15-28-18-8-6-7-17-13-23(4,5)29-20(17)18/h6-8,16H,9-15H2,1-5H3,(H,24,27). The largest absolute Gasteiger partial charge is 0.483 e. The van der Waals surface area contributed by atoms with E-state index in [1.807, 2.05) is 57.7 Å². The minimum Gasteiger partial charge on any atom is -0.483 e. The van der Waals surface area contributed by atoms with Crippen LogP contribution in [0.2, 0.25) is 0 Å². The molecule has 0 spiro atoms. The zero-order valence-electron chi connectivity index (χ0n) is 18.7. The Balaban J connectivity index is 1.42. The van der Waals surface area contributed by atoms with Crippen LogP contribution in [0.4, 0.5) is 4.79 Å². The average Bonchev–Trinajstić information content (AvgIpc) is 2.98. The molecule has 2 heterocycles. The number of fused-ring (bicyclic) bond motifs is 1. The molecule has 1 N–H and O–H groups in total. The van der Waals surface area contributed by atoms with Crippen molar-refractivity contribution in [2.45, 2.75) is 65.1 Å². The van der Waals surface area contributed by atoms with Crippen molar-refractivity contribution in [3.8, 4) is 11.5 Å². The van der Waals surface area contributed by atoms with Crippen molar-refractivity contribution < 1.29 is 23.8 Å². The number of likely N-dealkylation sites (tertiary alicyclic amines) is 1. The van der Waals surface area contributed by atoms with Crippen LogP contribution in [0.25, 0.3) is 0 Å². The number of carbonyl (C=O) groups excluding carboxylic acids is 2. The van der Waals surface area contributed by atoms with Crippen LogP contribution in [-0.2, 0) is 16.0 Å². The number of piperidine rings is 1. The van der Waals surface area contributed by atoms with Crippen molar-refractivity contribution in [1.29, 1.82) is 0 Å². The highest BCUT2D eigenvalue weighted by atomic mass is 16.6. The first-order valence-electron chi connectivity index (χ1n) is 10.7. The number of hydrogen-bond donors (Lipinski definition) is 1. The van der Waals surface area contributed by atoms with Gasteiger partial charge in [0, 0.05) is 31.6 Å². The van der Waals surface area contributed by atoms with Crippen LogP contribution in [0.1, 0.15) is 53.0 Å². The van der Waals surface area contributed by atoms with E-state index in [0.717, 1.165) is 30.6 Å². The predicted molar refractivity (Wildman–Crippen MR) is 114 cm³/mol. The van der Waals surface area contributed by atoms with Crippen LogP contribution < -0.4 is 14.8 Å². The lowest BCUT2D eigenvalue weighted by Gasteiger charge is -2.32. The Morgan fingerprint density at radius 3 is 2.60 bits per heavy atom. The summed E-state index contributed by atoms with van der Waals surface area (Å²) >= 11 is 0. The van der Waals surface area contributed by atoms with Crippen LogP contribution in [0.3, 0.4) is 0 Å². The number of hydrogen-bond acceptors (Lipinski definition) is 5. The first kappa shape index (κ1) is 22.2. The van der Waals surface area contributed by atoms with E-state index in [4.69, 9.17) is 14.2 Å². The van der Waals surface area contributed by atoms with Gasteiger partial charge >= 0.3 is 6.09 Å². The Morgan fingerprint density at radius 1 is 1.23 bits per heavy atom. The van der Waals surface area contributed by atoms with Crippen molar-refractivity contribution in [3.63, 3.8) is 0 Å². The molecule has 0 aromatic heterocycles. The second kappa shape index (κ2) is 8.74. The van der Waals surface area contributed by atoms with Crippen molar-refractivity contribution in [1.82, 2.24) is 10.2 Å². The molecule has 0 aliphatic carbocycles. The molecule has 0 bridgehead atoms. The highest BCUT2D eigenvalue weighted by Gasteiger charge is 2.32. The summed E-state index contributed by atoms with van der Waals surface area (Å²) in [6.45, 7) is 11.5. The molecule has 2 aliphatic rings. The number of alkyl carbamates (subject to hydrolysis) is 1. The summed E-state index contributed by atoms with van der Waals surface area (Å²) in [7, 11) is 0. The van der Waals surface area contributed by atoms with Crippen LogP contribution >= 0.6 is 0 Å². The molecular formula is C23H34N2O5. The van der Waals surface area contributed by atoms with Gasteiger partial charge in [0.05, 0.1) is 0 Å². The third-order valence-electron chi connectivity index (χ3n) is 5.31. The molecule has 1 aromatic rings. The average molecular weight is 419 g/mol. The third-order valence-corrected chi connectivity index (χ3v) is 5.31. The minimum absolute atomic E-state index is 0.00106. The molecule has 0 saturated carbocycles. The van der Waals surface area contributed by atoms with Gasteiger partial charge in [-0.1, -0.05) is 12.1 Å². The molecule has 166 valence electrons. The quantitative estimate of drug-likeness (QED) is 0.791. The van der Waals surface area contributed by atoms with Gasteiger partial charge in [-0.3, -0.25) is 4.79 Å². The molecule has 30 heavy (non-hydrogen) atoms. The lowest BCUT2D eigenvalue weighted by Crippen LogP contribution is -2.43. The summed E-state index contributed by atoms with van der Waals surface area (Å²) < 4.78 is 17.1. The molecule has 7 nitrogen and oxygen atoms in total. The van der Waals surface area contributed by atoms with E-state index in [9.17, 15) is 9.59 Å². The molecule has 0 atom stereocenters. The van der Waals surface area contributed by atoms with Gasteiger partial charge in [-0.2, -0.15) is 0 Å². The van der Waals surface area contributed by atoms with Gasteiger partial charge in [0.2, 0.25) is 0 Å². The maximum atomic E-state index is 12.6. The van der Waals surface area contributed by atoms with Gasteiger partial charge in [-0.25, -0.2) is 4.79 Å². The van der Waals surface area contributed by atoms with E-state index in [1.165, 1.54) is 0 Å². The number of nitrogens with one attached hydrogen (secondary N) is 1. The summed E-state index contributed by atoms with van der Waals surface area (Å²) in [6.07, 6.45) is 2.13. The normalized spacial score (nSPS) is 18.4. The van der Waals surface area contributed by atoms with E-state index < -0.39 is 11.7 Å². The van der Waals surface area contributed by atoms with Crippen molar-refractivity contribution in [3.05, 3.63) is 23.8 Å². The number of para-hydroxylation sites is 1. The van der Waals surface area contributed by atoms with Gasteiger partial charge in [0.1, 0.15) is 11.2 Å². The molecule has 3 rings (SSSR count). The first-order valence-corrected chi connectivity index (χ1v) is 10.7. The highest BCUT2D eigenvalue weighted by molar-refractivity contribution is 5.78. The molecular weight excluding hydrogens is 384 g/mol. The zero-order valence-corrected chi connectivity index (χ0v) is 18.7. The molecule has 0 unspecified atom stereocenters. The SMILES string of the molecule is CC(C)(C)OC(=O)NCC1CCN(C(=O)COc2cccc3c2OC(C)(C)C3)CC1. The molecule has 1 aromatic carbocycles. The van der Waals surface area contributed by atoms with Gasteiger partial charge in [0.15, 0.2) is 18.1 Å². The van der Waals surface area contributed by atoms with Crippen LogP contribution in [-0.4, -0.2) is 54.3 Å². The lowest BCUT2D eigenvalue weighted by atomic mass is 9.97. The second-order valence-corrected chi connectivity index (χ2v) is 9.78. The monoisotopic (exact) mass is 418 g/mol. The van der Waals surface area contributed by atoms with E-state index >= 15 is 0 Å². The van der Waals surface area contributed by atoms with Crippen LogP contribution in [0, 0.1) is 5.92 Å². The topological polar surface area (TPSA) is 77.1 Å². The second-order valence-electron chi connectivity index (χ2n) is 9.78. The maximum absolute atomic E-state index is 12.6. The third kappa shape index (κ3) is 6.03. The van der Waals surface area contributed by atoms with Crippen LogP contribution in [0.5, 0.6) is 11.5 Å². The molecule has 1 saturated heterocycles. The molecule has 1 fully saturated rings. The number of ether oxygens (including phenoxy) is 3. The summed E-state index contributed by atoms with van der Waals surface area (Å²) in [4.78, 5) is 26.2. The molecule has 2 aliphatic heterocycles. The van der Waals surface area contributed by atoms with Gasteiger partial charge in [-0.05, 0) is 59.4 Å². The Morgan fingerprint density at radius 2 is 1.93 bits per heavy atom. The van der Waals surface area contributed by atoms with E-state index in [2.05, 4.69) is 5.32 Å². The number of amides is 2. The fourth-order valence-electron chi connectivity index (χ4n) is 3.86. The fourth-order valence-corrected chi connectivity index (χ4v) is 3.86. The van der Waals surface area contributed by atoms with Gasteiger partial charge in [-0.15, -0.1) is 0 Å². The Hall–Kier alpha value is -2.44. The number of nitrogens with zero attached hydrogens (tertiary/aromatic N) is 1. The molecule has 0 radical (unpaired) electrons. The lowest BCUT2D eigenvalue weighted by molar-refractivity contribution is -0.134. The smallest absolute Gasteiger partial charge is 0.407 e. The molecule has 7 heteroatoms. The van der Waals surface area contributed by atoms with Crippen molar-refractivity contribution in [2.24, 2.45) is 5.92 Å². The van der Waals surface area contributed by atoms with Crippen molar-refractivity contribution >= 4 is 12.0 Å². The van der Waals surface area contributed by atoms with Gasteiger partial charge < -0.3 is 24.4 Å².